The molecule has 0 fully saturated rings. The molecule has 3 heteroatoms. The number of carbonyl (C=O) groups is 1. The van der Waals surface area contributed by atoms with Gasteiger partial charge in [0.1, 0.15) is 0 Å². The van der Waals surface area contributed by atoms with Gasteiger partial charge >= 0.3 is 18.9 Å². The molecule has 0 amide bonds. The van der Waals surface area contributed by atoms with Crippen LogP contribution in [0.5, 0.6) is 0 Å². The summed E-state index contributed by atoms with van der Waals surface area (Å²) < 4.78 is 0. The predicted molar refractivity (Wildman–Crippen MR) is 72.0 cm³/mol. The van der Waals surface area contributed by atoms with Gasteiger partial charge in [-0.3, -0.25) is 4.79 Å². The normalized spacial score (nSPS) is 9.88. The van der Waals surface area contributed by atoms with Gasteiger partial charge in [-0.2, -0.15) is 6.16 Å². The van der Waals surface area contributed by atoms with E-state index in [9.17, 15) is 4.79 Å². The molecule has 0 unspecified atom stereocenters. The Morgan fingerprint density at radius 1 is 1.12 bits per heavy atom. The van der Waals surface area contributed by atoms with Crippen LogP contribution in [0.3, 0.4) is 0 Å². The van der Waals surface area contributed by atoms with Crippen LogP contribution in [0.15, 0.2) is 12.1 Å². The standard InChI is InChI=1S/C14H20OP.Li/c1-10-8-11(2)14(12(3)9-10)13(15)6-4-5-7-16;/h8-9,16H,4-7H2,1-3H3;/q-1;+1. The molecule has 0 radical (unpaired) electrons. The molecule has 0 aliphatic heterocycles. The molecule has 0 bridgehead atoms. The zero-order valence-electron chi connectivity index (χ0n) is 11.4. The molecule has 0 spiro atoms. The second-order valence-corrected chi connectivity index (χ2v) is 4.90. The fourth-order valence-electron chi connectivity index (χ4n) is 2.16. The van der Waals surface area contributed by atoms with E-state index in [0.717, 1.165) is 35.7 Å². The smallest absolute Gasteiger partial charge is 0.558 e. The maximum absolute atomic E-state index is 12.1. The first-order chi connectivity index (χ1) is 7.56. The Kier molecular flexibility index (Phi) is 8.06. The van der Waals surface area contributed by atoms with Gasteiger partial charge < -0.3 is 9.24 Å². The number of rotatable bonds is 5. The van der Waals surface area contributed by atoms with Crippen molar-refractivity contribution in [2.45, 2.75) is 40.0 Å². The van der Waals surface area contributed by atoms with Gasteiger partial charge in [0, 0.05) is 12.0 Å². The second-order valence-electron chi connectivity index (χ2n) is 4.40. The monoisotopic (exact) mass is 242 g/mol. The SMILES string of the molecule is Cc1cc(C)c(C(=O)CCCC[PH-])c(C)c1.[Li+]. The molecule has 1 nitrogen and oxygen atoms in total. The van der Waals surface area contributed by atoms with Gasteiger partial charge in [0.25, 0.3) is 0 Å². The van der Waals surface area contributed by atoms with Gasteiger partial charge in [0.15, 0.2) is 5.78 Å². The third kappa shape index (κ3) is 4.97. The van der Waals surface area contributed by atoms with E-state index >= 15 is 0 Å². The third-order valence-corrected chi connectivity index (χ3v) is 3.14. The van der Waals surface area contributed by atoms with Crippen LogP contribution in [-0.2, 0) is 0 Å². The fourth-order valence-corrected chi connectivity index (χ4v) is 2.41. The fraction of sp³-hybridized carbons (Fsp3) is 0.500. The summed E-state index contributed by atoms with van der Waals surface area (Å²) in [4.78, 5) is 12.1. The van der Waals surface area contributed by atoms with Gasteiger partial charge in [0.05, 0.1) is 0 Å². The minimum atomic E-state index is 0. The molecular weight excluding hydrogens is 222 g/mol. The molecule has 88 valence electrons. The molecule has 0 aliphatic carbocycles. The molecule has 0 saturated carbocycles. The largest absolute Gasteiger partial charge is 1.00 e. The molecular formula is C14H20LiOP. The molecule has 1 aromatic rings. The Bertz CT molecular complexity index is 365. The quantitative estimate of drug-likeness (QED) is 0.327. The van der Waals surface area contributed by atoms with Crippen LogP contribution in [0.1, 0.15) is 46.3 Å². The molecule has 0 aliphatic rings. The molecule has 17 heavy (non-hydrogen) atoms. The summed E-state index contributed by atoms with van der Waals surface area (Å²) >= 11 is 0. The summed E-state index contributed by atoms with van der Waals surface area (Å²) in [6.45, 7) is 6.12. The Morgan fingerprint density at radius 2 is 1.65 bits per heavy atom. The average molecular weight is 242 g/mol. The van der Waals surface area contributed by atoms with Crippen LogP contribution < -0.4 is 18.9 Å². The van der Waals surface area contributed by atoms with Crippen molar-refractivity contribution in [2.75, 3.05) is 6.16 Å². The van der Waals surface area contributed by atoms with Crippen LogP contribution in [0.25, 0.3) is 0 Å². The number of hydrogen-bond acceptors (Lipinski definition) is 1. The number of carbonyl (C=O) groups excluding carboxylic acids is 1. The van der Waals surface area contributed by atoms with Crippen molar-refractivity contribution >= 4 is 15.0 Å². The summed E-state index contributed by atoms with van der Waals surface area (Å²) in [5, 5.41) is 0. The van der Waals surface area contributed by atoms with E-state index in [1.807, 2.05) is 13.8 Å². The van der Waals surface area contributed by atoms with Gasteiger partial charge in [0.2, 0.25) is 0 Å². The number of ketones is 1. The van der Waals surface area contributed by atoms with E-state index in [1.54, 1.807) is 0 Å². The van der Waals surface area contributed by atoms with Crippen molar-refractivity contribution in [1.82, 2.24) is 0 Å². The van der Waals surface area contributed by atoms with Crippen LogP contribution in [0, 0.1) is 20.8 Å². The third-order valence-electron chi connectivity index (χ3n) is 2.79. The van der Waals surface area contributed by atoms with Crippen LogP contribution >= 0.6 is 9.24 Å². The first-order valence-electron chi connectivity index (χ1n) is 5.82. The Labute approximate surface area is 119 Å². The number of Topliss-reactive ketones (excluding diaryl/α,β-unsaturated/α-hetero) is 1. The van der Waals surface area contributed by atoms with Crippen LogP contribution in [0.2, 0.25) is 0 Å². The topological polar surface area (TPSA) is 17.1 Å². The minimum Gasteiger partial charge on any atom is -0.558 e. The van der Waals surface area contributed by atoms with Crippen molar-refractivity contribution in [3.63, 3.8) is 0 Å². The first-order valence-corrected chi connectivity index (χ1v) is 6.52. The Hall–Kier alpha value is -0.0826. The summed E-state index contributed by atoms with van der Waals surface area (Å²) in [6, 6.07) is 4.18. The number of hydrogen-bond donors (Lipinski definition) is 0. The Morgan fingerprint density at radius 3 is 2.12 bits per heavy atom. The zero-order chi connectivity index (χ0) is 12.1. The average Bonchev–Trinajstić information content (AvgIpc) is 2.16. The van der Waals surface area contributed by atoms with Gasteiger partial charge in [-0.1, -0.05) is 24.1 Å². The molecule has 0 N–H and O–H groups in total. The molecule has 1 rings (SSSR count). The summed E-state index contributed by atoms with van der Waals surface area (Å²) in [5.41, 5.74) is 4.38. The summed E-state index contributed by atoms with van der Waals surface area (Å²) in [6.07, 6.45) is 3.66. The number of benzene rings is 1. The molecule has 0 atom stereocenters. The maximum atomic E-state index is 12.1. The van der Waals surface area contributed by atoms with Crippen molar-refractivity contribution in [3.05, 3.63) is 34.4 Å². The Balaban J connectivity index is 0.00000256. The molecule has 0 aromatic heterocycles. The van der Waals surface area contributed by atoms with E-state index in [1.165, 1.54) is 5.56 Å². The van der Waals surface area contributed by atoms with E-state index in [4.69, 9.17) is 0 Å². The van der Waals surface area contributed by atoms with E-state index < -0.39 is 0 Å². The molecule has 0 heterocycles. The molecule has 0 saturated heterocycles. The predicted octanol–water partition coefficient (Wildman–Crippen LogP) is 1.11. The van der Waals surface area contributed by atoms with Crippen LogP contribution in [-0.4, -0.2) is 11.9 Å². The summed E-state index contributed by atoms with van der Waals surface area (Å²) in [7, 11) is 3.43. The van der Waals surface area contributed by atoms with Gasteiger partial charge in [-0.25, -0.2) is 0 Å². The van der Waals surface area contributed by atoms with Crippen molar-refractivity contribution < 1.29 is 23.7 Å². The van der Waals surface area contributed by atoms with Gasteiger partial charge in [-0.15, -0.1) is 0 Å². The molecule has 1 aromatic carbocycles. The van der Waals surface area contributed by atoms with Gasteiger partial charge in [-0.05, 0) is 38.3 Å². The maximum Gasteiger partial charge on any atom is 1.00 e. The zero-order valence-corrected chi connectivity index (χ0v) is 12.4. The van der Waals surface area contributed by atoms with E-state index in [2.05, 4.69) is 28.3 Å². The number of aryl methyl sites for hydroxylation is 3. The van der Waals surface area contributed by atoms with E-state index in [0.29, 0.717) is 6.42 Å². The van der Waals surface area contributed by atoms with Crippen molar-refractivity contribution in [1.29, 1.82) is 0 Å². The minimum absolute atomic E-state index is 0. The van der Waals surface area contributed by atoms with E-state index in [-0.39, 0.29) is 24.6 Å². The first kappa shape index (κ1) is 16.9. The number of unbranched alkanes of at least 4 members (excludes halogenated alkanes) is 1. The van der Waals surface area contributed by atoms with Crippen LogP contribution in [0.4, 0.5) is 0 Å². The second kappa shape index (κ2) is 8.10. The van der Waals surface area contributed by atoms with Crippen molar-refractivity contribution in [2.24, 2.45) is 0 Å². The summed E-state index contributed by atoms with van der Waals surface area (Å²) in [5.74, 6) is 0.287. The van der Waals surface area contributed by atoms with Crippen molar-refractivity contribution in [3.8, 4) is 0 Å².